The number of rotatable bonds is 9. The smallest absolute Gasteiger partial charge is 0.306 e. The molecule has 0 aliphatic carbocycles. The van der Waals surface area contributed by atoms with Gasteiger partial charge in [-0.25, -0.2) is 0 Å². The van der Waals surface area contributed by atoms with Gasteiger partial charge in [-0.15, -0.1) is 0 Å². The van der Waals surface area contributed by atoms with Crippen molar-refractivity contribution in [2.75, 3.05) is 27.7 Å². The van der Waals surface area contributed by atoms with Gasteiger partial charge >= 0.3 is 11.9 Å². The number of carboxylic acid groups (broad SMARTS) is 2. The van der Waals surface area contributed by atoms with E-state index in [0.29, 0.717) is 17.4 Å². The molecule has 0 saturated heterocycles. The van der Waals surface area contributed by atoms with E-state index in [1.165, 1.54) is 0 Å². The average Bonchev–Trinajstić information content (AvgIpc) is 2.13. The van der Waals surface area contributed by atoms with Crippen molar-refractivity contribution in [3.63, 3.8) is 0 Å². The van der Waals surface area contributed by atoms with Gasteiger partial charge in [0.05, 0.1) is 27.6 Å². The van der Waals surface area contributed by atoms with E-state index < -0.39 is 24.2 Å². The molecule has 7 heteroatoms. The number of aliphatic hydroxyl groups is 1. The van der Waals surface area contributed by atoms with Crippen molar-refractivity contribution < 1.29 is 29.4 Å². The summed E-state index contributed by atoms with van der Waals surface area (Å²) in [5.41, 5.74) is 0. The van der Waals surface area contributed by atoms with Gasteiger partial charge < -0.3 is 19.8 Å². The predicted octanol–water partition coefficient (Wildman–Crippen LogP) is -0.691. The van der Waals surface area contributed by atoms with Crippen LogP contribution in [0, 0.1) is 0 Å². The Kier molecular flexibility index (Phi) is 6.82. The molecule has 0 aromatic heterocycles. The fourth-order valence-electron chi connectivity index (χ4n) is 1.71. The molecule has 0 rings (SSSR count). The number of hydrogen-bond acceptors (Lipinski definition) is 4. The summed E-state index contributed by atoms with van der Waals surface area (Å²) >= 11 is 0. The summed E-state index contributed by atoms with van der Waals surface area (Å²) in [6, 6.07) is 0. The number of aliphatic hydroxyl groups excluding tert-OH is 1. The molecule has 7 nitrogen and oxygen atoms in total. The maximum Gasteiger partial charge on any atom is 0.306 e. The summed E-state index contributed by atoms with van der Waals surface area (Å²) in [6.45, 7) is 0.420. The van der Waals surface area contributed by atoms with Gasteiger partial charge in [0.15, 0.2) is 6.17 Å². The van der Waals surface area contributed by atoms with E-state index in [2.05, 4.69) is 5.32 Å². The van der Waals surface area contributed by atoms with E-state index in [-0.39, 0.29) is 12.8 Å². The molecule has 0 radical (unpaired) electrons. The van der Waals surface area contributed by atoms with E-state index >= 15 is 0 Å². The molecule has 2 atom stereocenters. The molecule has 0 aromatic carbocycles. The Hall–Kier alpha value is -1.18. The van der Waals surface area contributed by atoms with Crippen LogP contribution >= 0.6 is 0 Å². The summed E-state index contributed by atoms with van der Waals surface area (Å²) in [5, 5.41) is 30.0. The number of hydrogen-bond donors (Lipinski definition) is 4. The fraction of sp³-hybridized carbons (Fsp3) is 0.818. The molecular weight excluding hydrogens is 240 g/mol. The second-order valence-electron chi connectivity index (χ2n) is 5.18. The Bertz CT molecular complexity index is 288. The number of carbonyl (C=O) groups is 2. The van der Waals surface area contributed by atoms with Crippen molar-refractivity contribution >= 4 is 11.9 Å². The molecule has 0 fully saturated rings. The highest BCUT2D eigenvalue weighted by Gasteiger charge is 2.32. The van der Waals surface area contributed by atoms with Crippen LogP contribution in [0.2, 0.25) is 0 Å². The van der Waals surface area contributed by atoms with Crippen molar-refractivity contribution in [3.05, 3.63) is 0 Å². The number of aliphatic carboxylic acids is 2. The quantitative estimate of drug-likeness (QED) is 0.249. The van der Waals surface area contributed by atoms with Gasteiger partial charge in [0.25, 0.3) is 0 Å². The lowest BCUT2D eigenvalue weighted by atomic mass is 10.1. The SMILES string of the molecule is C[N+](C)(C)C(NCCCC(=O)O)C(O)CC(=O)O. The zero-order valence-electron chi connectivity index (χ0n) is 11.1. The van der Waals surface area contributed by atoms with E-state index in [1.54, 1.807) is 0 Å². The molecule has 0 aliphatic rings. The summed E-state index contributed by atoms with van der Waals surface area (Å²) in [6.07, 6.45) is -1.33. The second-order valence-corrected chi connectivity index (χ2v) is 5.18. The highest BCUT2D eigenvalue weighted by Crippen LogP contribution is 2.09. The topological polar surface area (TPSA) is 107 Å². The Morgan fingerprint density at radius 3 is 2.11 bits per heavy atom. The second kappa shape index (κ2) is 7.30. The van der Waals surface area contributed by atoms with Crippen LogP contribution < -0.4 is 5.32 Å². The number of nitrogens with zero attached hydrogens (tertiary/aromatic N) is 1. The third-order valence-corrected chi connectivity index (χ3v) is 2.50. The summed E-state index contributed by atoms with van der Waals surface area (Å²) < 4.78 is 0.349. The molecule has 0 spiro atoms. The Morgan fingerprint density at radius 2 is 1.72 bits per heavy atom. The van der Waals surface area contributed by atoms with Crippen molar-refractivity contribution in [3.8, 4) is 0 Å². The van der Waals surface area contributed by atoms with Crippen LogP contribution in [-0.2, 0) is 9.59 Å². The largest absolute Gasteiger partial charge is 0.481 e. The van der Waals surface area contributed by atoms with Crippen LogP contribution in [0.4, 0.5) is 0 Å². The molecule has 18 heavy (non-hydrogen) atoms. The first-order valence-corrected chi connectivity index (χ1v) is 5.80. The number of nitrogens with one attached hydrogen (secondary N) is 1. The van der Waals surface area contributed by atoms with Crippen molar-refractivity contribution in [2.45, 2.75) is 31.5 Å². The van der Waals surface area contributed by atoms with E-state index in [4.69, 9.17) is 10.2 Å². The standard InChI is InChI=1S/C11H22N2O5/c1-13(2,3)11(8(14)7-10(17)18)12-6-4-5-9(15)16/h8,11-12,14H,4-7H2,1-3H3,(H-,15,16,17,18)/p+1. The van der Waals surface area contributed by atoms with Crippen LogP contribution in [0.1, 0.15) is 19.3 Å². The minimum Gasteiger partial charge on any atom is -0.481 e. The van der Waals surface area contributed by atoms with Gasteiger partial charge in [0, 0.05) is 13.0 Å². The van der Waals surface area contributed by atoms with Crippen molar-refractivity contribution in [2.24, 2.45) is 0 Å². The van der Waals surface area contributed by atoms with Crippen LogP contribution in [-0.4, -0.2) is 71.7 Å². The molecule has 4 N–H and O–H groups in total. The Balaban J connectivity index is 4.33. The lowest BCUT2D eigenvalue weighted by Gasteiger charge is -2.37. The Labute approximate surface area is 107 Å². The maximum absolute atomic E-state index is 10.6. The third-order valence-electron chi connectivity index (χ3n) is 2.50. The zero-order valence-corrected chi connectivity index (χ0v) is 11.1. The van der Waals surface area contributed by atoms with E-state index in [1.807, 2.05) is 21.1 Å². The lowest BCUT2D eigenvalue weighted by molar-refractivity contribution is -0.903. The van der Waals surface area contributed by atoms with Crippen LogP contribution in [0.3, 0.4) is 0 Å². The van der Waals surface area contributed by atoms with E-state index in [0.717, 1.165) is 0 Å². The highest BCUT2D eigenvalue weighted by molar-refractivity contribution is 5.67. The van der Waals surface area contributed by atoms with Crippen LogP contribution in [0.25, 0.3) is 0 Å². The lowest BCUT2D eigenvalue weighted by Crippen LogP contribution is -2.60. The first kappa shape index (κ1) is 16.8. The van der Waals surface area contributed by atoms with Crippen LogP contribution in [0.15, 0.2) is 0 Å². The van der Waals surface area contributed by atoms with Gasteiger partial charge in [-0.05, 0) is 6.42 Å². The summed E-state index contributed by atoms with van der Waals surface area (Å²) in [4.78, 5) is 20.9. The van der Waals surface area contributed by atoms with E-state index in [9.17, 15) is 14.7 Å². The minimum absolute atomic E-state index is 0.0475. The molecule has 0 bridgehead atoms. The van der Waals surface area contributed by atoms with Crippen molar-refractivity contribution in [1.82, 2.24) is 5.32 Å². The Morgan fingerprint density at radius 1 is 1.17 bits per heavy atom. The number of likely N-dealkylation sites (N-methyl/N-ethyl adjacent to an activating group) is 1. The first-order valence-electron chi connectivity index (χ1n) is 5.80. The molecule has 0 amide bonds. The van der Waals surface area contributed by atoms with Gasteiger partial charge in [0.2, 0.25) is 0 Å². The molecule has 2 unspecified atom stereocenters. The normalized spacial score (nSPS) is 15.1. The van der Waals surface area contributed by atoms with Crippen LogP contribution in [0.5, 0.6) is 0 Å². The summed E-state index contributed by atoms with van der Waals surface area (Å²) in [5.74, 6) is -1.93. The molecule has 0 saturated carbocycles. The number of carboxylic acids is 2. The molecule has 0 aromatic rings. The van der Waals surface area contributed by atoms with Crippen molar-refractivity contribution in [1.29, 1.82) is 0 Å². The molecular formula is C11H23N2O5+. The average molecular weight is 263 g/mol. The minimum atomic E-state index is -1.06. The molecule has 0 heterocycles. The van der Waals surface area contributed by atoms with Gasteiger partial charge in [-0.2, -0.15) is 0 Å². The first-order chi connectivity index (χ1) is 8.14. The van der Waals surface area contributed by atoms with Gasteiger partial charge in [-0.3, -0.25) is 14.9 Å². The molecule has 0 aliphatic heterocycles. The number of quaternary nitrogens is 1. The zero-order chi connectivity index (χ0) is 14.3. The fourth-order valence-corrected chi connectivity index (χ4v) is 1.71. The predicted molar refractivity (Wildman–Crippen MR) is 65.0 cm³/mol. The third kappa shape index (κ3) is 7.21. The van der Waals surface area contributed by atoms with Gasteiger partial charge in [0.1, 0.15) is 6.10 Å². The summed E-state index contributed by atoms with van der Waals surface area (Å²) in [7, 11) is 5.50. The maximum atomic E-state index is 10.6. The monoisotopic (exact) mass is 263 g/mol. The highest BCUT2D eigenvalue weighted by atomic mass is 16.4. The van der Waals surface area contributed by atoms with Gasteiger partial charge in [-0.1, -0.05) is 0 Å². The molecule has 106 valence electrons.